The van der Waals surface area contributed by atoms with Crippen LogP contribution in [0.3, 0.4) is 0 Å². The lowest BCUT2D eigenvalue weighted by Crippen LogP contribution is -1.92. The predicted octanol–water partition coefficient (Wildman–Crippen LogP) is 11.2. The van der Waals surface area contributed by atoms with Crippen molar-refractivity contribution in [2.45, 2.75) is 0 Å². The first-order chi connectivity index (χ1) is 22.8. The van der Waals surface area contributed by atoms with Crippen LogP contribution < -0.4 is 0 Å². The molecule has 9 aromatic rings. The molecule has 0 radical (unpaired) electrons. The third-order valence-corrected chi connectivity index (χ3v) is 8.89. The van der Waals surface area contributed by atoms with Crippen molar-refractivity contribution in [3.05, 3.63) is 164 Å². The Morgan fingerprint density at radius 2 is 1.09 bits per heavy atom. The van der Waals surface area contributed by atoms with E-state index in [1.807, 2.05) is 18.3 Å². The molecule has 9 rings (SSSR count). The molecular weight excluding hydrogens is 558 g/mol. The van der Waals surface area contributed by atoms with Gasteiger partial charge in [-0.1, -0.05) is 127 Å². The van der Waals surface area contributed by atoms with E-state index in [2.05, 4.69) is 151 Å². The van der Waals surface area contributed by atoms with Gasteiger partial charge in [-0.25, -0.2) is 9.97 Å². The van der Waals surface area contributed by atoms with Gasteiger partial charge in [0.1, 0.15) is 0 Å². The summed E-state index contributed by atoms with van der Waals surface area (Å²) >= 11 is 0. The van der Waals surface area contributed by atoms with Gasteiger partial charge in [0.15, 0.2) is 0 Å². The first kappa shape index (κ1) is 26.2. The number of rotatable bonds is 4. The summed E-state index contributed by atoms with van der Waals surface area (Å²) in [7, 11) is 0. The molecule has 3 nitrogen and oxygen atoms in total. The van der Waals surface area contributed by atoms with Crippen molar-refractivity contribution < 1.29 is 0 Å². The summed E-state index contributed by atoms with van der Waals surface area (Å²) in [5.74, 6) is 0. The Bertz CT molecular complexity index is 2570. The molecule has 0 amide bonds. The highest BCUT2D eigenvalue weighted by molar-refractivity contribution is 6.17. The minimum Gasteiger partial charge on any atom is -0.254 e. The Morgan fingerprint density at radius 1 is 0.370 bits per heavy atom. The van der Waals surface area contributed by atoms with Crippen molar-refractivity contribution in [1.82, 2.24) is 15.0 Å². The zero-order chi connectivity index (χ0) is 30.5. The third kappa shape index (κ3) is 4.41. The fraction of sp³-hybridized carbons (Fsp3) is 0. The van der Waals surface area contributed by atoms with E-state index in [0.29, 0.717) is 0 Å². The standard InChI is InChI=1S/C43H27N3/c1-3-10-28(11-4-1)37-27-40(29-12-5-2-6-13-29)45-39-24-22-35-34(17-8-18-36(35)41(37)39)32-14-7-15-33(26-32)38-23-21-31-20-19-30-16-9-25-44-42(30)43(31)46-38/h1-27H. The highest BCUT2D eigenvalue weighted by atomic mass is 14.8. The van der Waals surface area contributed by atoms with Crippen LogP contribution in [0.15, 0.2) is 164 Å². The second kappa shape index (κ2) is 10.8. The first-order valence-electron chi connectivity index (χ1n) is 15.5. The summed E-state index contributed by atoms with van der Waals surface area (Å²) in [5.41, 5.74) is 11.6. The normalized spacial score (nSPS) is 11.5. The average molecular weight is 586 g/mol. The molecule has 0 saturated heterocycles. The smallest absolute Gasteiger partial charge is 0.0972 e. The third-order valence-electron chi connectivity index (χ3n) is 8.89. The lowest BCUT2D eigenvalue weighted by Gasteiger charge is -2.15. The highest BCUT2D eigenvalue weighted by Gasteiger charge is 2.15. The van der Waals surface area contributed by atoms with Crippen molar-refractivity contribution in [1.29, 1.82) is 0 Å². The van der Waals surface area contributed by atoms with Crippen molar-refractivity contribution in [3.8, 4) is 44.8 Å². The summed E-state index contributed by atoms with van der Waals surface area (Å²) in [6.07, 6.45) is 1.84. The van der Waals surface area contributed by atoms with Crippen LogP contribution in [0.2, 0.25) is 0 Å². The van der Waals surface area contributed by atoms with Crippen LogP contribution in [-0.2, 0) is 0 Å². The van der Waals surface area contributed by atoms with E-state index < -0.39 is 0 Å². The van der Waals surface area contributed by atoms with Crippen molar-refractivity contribution in [2.75, 3.05) is 0 Å². The van der Waals surface area contributed by atoms with E-state index in [1.165, 1.54) is 27.5 Å². The van der Waals surface area contributed by atoms with E-state index in [4.69, 9.17) is 9.97 Å². The zero-order valence-corrected chi connectivity index (χ0v) is 24.9. The second-order valence-electron chi connectivity index (χ2n) is 11.6. The largest absolute Gasteiger partial charge is 0.254 e. The van der Waals surface area contributed by atoms with Gasteiger partial charge in [-0.05, 0) is 63.4 Å². The van der Waals surface area contributed by atoms with E-state index in [1.54, 1.807) is 0 Å². The minimum absolute atomic E-state index is 0.924. The zero-order valence-electron chi connectivity index (χ0n) is 24.9. The maximum Gasteiger partial charge on any atom is 0.0972 e. The van der Waals surface area contributed by atoms with Gasteiger partial charge < -0.3 is 0 Å². The molecule has 3 heteroatoms. The molecule has 214 valence electrons. The van der Waals surface area contributed by atoms with E-state index in [0.717, 1.165) is 60.8 Å². The summed E-state index contributed by atoms with van der Waals surface area (Å²) in [5, 5.41) is 5.73. The molecule has 0 spiro atoms. The number of hydrogen-bond acceptors (Lipinski definition) is 3. The molecule has 0 atom stereocenters. The van der Waals surface area contributed by atoms with E-state index in [-0.39, 0.29) is 0 Å². The van der Waals surface area contributed by atoms with Gasteiger partial charge in [0.25, 0.3) is 0 Å². The number of fused-ring (bicyclic) bond motifs is 6. The Hall–Kier alpha value is -6.19. The van der Waals surface area contributed by atoms with Crippen LogP contribution in [0.1, 0.15) is 0 Å². The maximum absolute atomic E-state index is 5.17. The molecule has 6 aromatic carbocycles. The molecule has 0 N–H and O–H groups in total. The molecule has 0 unspecified atom stereocenters. The predicted molar refractivity (Wildman–Crippen MR) is 192 cm³/mol. The maximum atomic E-state index is 5.17. The van der Waals surface area contributed by atoms with Gasteiger partial charge in [-0.15, -0.1) is 0 Å². The fourth-order valence-electron chi connectivity index (χ4n) is 6.68. The van der Waals surface area contributed by atoms with Gasteiger partial charge in [0, 0.05) is 33.5 Å². The van der Waals surface area contributed by atoms with Crippen LogP contribution in [-0.4, -0.2) is 15.0 Å². The molecular formula is C43H27N3. The first-order valence-corrected chi connectivity index (χ1v) is 15.5. The number of nitrogens with zero attached hydrogens (tertiary/aromatic N) is 3. The Morgan fingerprint density at radius 3 is 1.93 bits per heavy atom. The minimum atomic E-state index is 0.924. The van der Waals surface area contributed by atoms with E-state index in [9.17, 15) is 0 Å². The highest BCUT2D eigenvalue weighted by Crippen LogP contribution is 2.40. The van der Waals surface area contributed by atoms with Gasteiger partial charge in [-0.2, -0.15) is 0 Å². The number of benzene rings is 6. The van der Waals surface area contributed by atoms with Crippen molar-refractivity contribution in [2.24, 2.45) is 0 Å². The molecule has 0 bridgehead atoms. The molecule has 46 heavy (non-hydrogen) atoms. The lowest BCUT2D eigenvalue weighted by molar-refractivity contribution is 1.37. The lowest BCUT2D eigenvalue weighted by atomic mass is 9.91. The van der Waals surface area contributed by atoms with Crippen molar-refractivity contribution in [3.63, 3.8) is 0 Å². The molecule has 0 aliphatic carbocycles. The van der Waals surface area contributed by atoms with Gasteiger partial charge in [-0.3, -0.25) is 4.98 Å². The molecule has 0 aliphatic rings. The summed E-state index contributed by atoms with van der Waals surface area (Å²) in [6.45, 7) is 0. The summed E-state index contributed by atoms with van der Waals surface area (Å²) in [6, 6.07) is 55.5. The van der Waals surface area contributed by atoms with Crippen LogP contribution in [0, 0.1) is 0 Å². The molecule has 3 aromatic heterocycles. The van der Waals surface area contributed by atoms with Gasteiger partial charge >= 0.3 is 0 Å². The van der Waals surface area contributed by atoms with Crippen molar-refractivity contribution >= 4 is 43.5 Å². The van der Waals surface area contributed by atoms with Crippen LogP contribution in [0.25, 0.3) is 88.2 Å². The Labute approximate surface area is 266 Å². The van der Waals surface area contributed by atoms with Gasteiger partial charge in [0.05, 0.1) is 27.9 Å². The quantitative estimate of drug-likeness (QED) is 0.193. The Balaban J connectivity index is 1.23. The van der Waals surface area contributed by atoms with Crippen LogP contribution in [0.5, 0.6) is 0 Å². The van der Waals surface area contributed by atoms with Crippen LogP contribution >= 0.6 is 0 Å². The average Bonchev–Trinajstić information content (AvgIpc) is 3.14. The molecule has 3 heterocycles. The number of pyridine rings is 3. The fourth-order valence-corrected chi connectivity index (χ4v) is 6.68. The summed E-state index contributed by atoms with van der Waals surface area (Å²) in [4.78, 5) is 14.9. The monoisotopic (exact) mass is 585 g/mol. The number of aromatic nitrogens is 3. The topological polar surface area (TPSA) is 38.7 Å². The SMILES string of the molecule is c1ccc(-c2cc(-c3ccccc3)c3c(ccc4c(-c5cccc(-c6ccc7ccc8cccnc8c7n6)c5)cccc43)n2)cc1. The van der Waals surface area contributed by atoms with Crippen LogP contribution in [0.4, 0.5) is 0 Å². The molecule has 0 fully saturated rings. The second-order valence-corrected chi connectivity index (χ2v) is 11.6. The number of hydrogen-bond donors (Lipinski definition) is 0. The Kier molecular flexibility index (Phi) is 6.14. The molecule has 0 aliphatic heterocycles. The summed E-state index contributed by atoms with van der Waals surface area (Å²) < 4.78 is 0. The molecule has 0 saturated carbocycles. The van der Waals surface area contributed by atoms with E-state index >= 15 is 0 Å². The van der Waals surface area contributed by atoms with Gasteiger partial charge in [0.2, 0.25) is 0 Å².